The number of carbonyl (C=O) groups is 1. The van der Waals surface area contributed by atoms with Gasteiger partial charge in [-0.25, -0.2) is 4.98 Å². The largest absolute Gasteiger partial charge is 0.485 e. The first-order chi connectivity index (χ1) is 20.0. The smallest absolute Gasteiger partial charge is 0.316 e. The van der Waals surface area contributed by atoms with E-state index in [9.17, 15) is 9.90 Å². The van der Waals surface area contributed by atoms with E-state index in [0.29, 0.717) is 18.0 Å². The molecule has 0 saturated carbocycles. The summed E-state index contributed by atoms with van der Waals surface area (Å²) in [6.45, 7) is 4.43. The van der Waals surface area contributed by atoms with Crippen LogP contribution in [0.1, 0.15) is 54.6 Å². The van der Waals surface area contributed by atoms with Crippen molar-refractivity contribution in [3.8, 4) is 17.0 Å². The number of H-pyrrole nitrogens is 1. The van der Waals surface area contributed by atoms with Gasteiger partial charge in [0.25, 0.3) is 0 Å². The van der Waals surface area contributed by atoms with E-state index in [1.165, 1.54) is 16.9 Å². The average molecular weight is 565 g/mol. The first-order valence-electron chi connectivity index (χ1n) is 14.2. The molecule has 0 aliphatic heterocycles. The van der Waals surface area contributed by atoms with Gasteiger partial charge in [-0.2, -0.15) is 0 Å². The molecule has 2 aromatic heterocycles. The maximum Gasteiger partial charge on any atom is 0.316 e. The molecule has 2 atom stereocenters. The van der Waals surface area contributed by atoms with Crippen molar-refractivity contribution in [1.82, 2.24) is 9.97 Å². The van der Waals surface area contributed by atoms with Crippen LogP contribution in [-0.2, 0) is 23.1 Å². The van der Waals surface area contributed by atoms with Crippen molar-refractivity contribution in [3.05, 3.63) is 130 Å². The first-order valence-corrected chi connectivity index (χ1v) is 15.1. The van der Waals surface area contributed by atoms with Crippen molar-refractivity contribution in [1.29, 1.82) is 0 Å². The fourth-order valence-electron chi connectivity index (χ4n) is 5.52. The van der Waals surface area contributed by atoms with E-state index in [1.807, 2.05) is 78.2 Å². The minimum absolute atomic E-state index is 0.00956. The highest BCUT2D eigenvalue weighted by atomic mass is 32.1. The lowest BCUT2D eigenvalue weighted by Gasteiger charge is -2.28. The fraction of sp³-hybridized carbons (Fsp3) is 0.257. The highest BCUT2D eigenvalue weighted by molar-refractivity contribution is 7.10. The number of nitrogens with one attached hydrogen (secondary N) is 1. The molecular formula is C35H36N2O3S. The van der Waals surface area contributed by atoms with Crippen molar-refractivity contribution < 1.29 is 14.6 Å². The Kier molecular flexibility index (Phi) is 9.00. The molecule has 5 rings (SSSR count). The second-order valence-corrected chi connectivity index (χ2v) is 11.4. The standard InChI is InChI=1S/C35H36N2O3S/c1-3-26(4-2)33(28-14-9-6-10-15-28)40-29-19-17-27(18-20-29)30-24-41-32(37-30)23-35(34(38)39,31-16-11-21-36-31)22-25-12-7-5-8-13-25/h5-21,24,26,33,36H,3-4,22-23H2,1-2H3,(H,38,39). The highest BCUT2D eigenvalue weighted by Crippen LogP contribution is 2.36. The van der Waals surface area contributed by atoms with E-state index in [2.05, 4.69) is 43.1 Å². The molecule has 3 aromatic carbocycles. The molecule has 0 bridgehead atoms. The molecule has 5 nitrogen and oxygen atoms in total. The summed E-state index contributed by atoms with van der Waals surface area (Å²) in [7, 11) is 0. The molecule has 0 amide bonds. The SMILES string of the molecule is CCC(CC)C(Oc1ccc(-c2csc(CC(Cc3ccccc3)(C(=O)O)c3ccc[nH]3)n2)cc1)c1ccccc1. The summed E-state index contributed by atoms with van der Waals surface area (Å²) in [4.78, 5) is 20.9. The first kappa shape index (κ1) is 28.4. The number of carboxylic acids is 1. The van der Waals surface area contributed by atoms with Gasteiger partial charge in [-0.3, -0.25) is 4.79 Å². The van der Waals surface area contributed by atoms with Crippen LogP contribution in [0.5, 0.6) is 5.75 Å². The third-order valence-corrected chi connectivity index (χ3v) is 8.74. The Hall–Kier alpha value is -4.16. The zero-order valence-electron chi connectivity index (χ0n) is 23.5. The minimum Gasteiger partial charge on any atom is -0.485 e. The molecule has 0 spiro atoms. The van der Waals surface area contributed by atoms with E-state index < -0.39 is 11.4 Å². The molecule has 2 N–H and O–H groups in total. The van der Waals surface area contributed by atoms with E-state index in [0.717, 1.165) is 40.4 Å². The van der Waals surface area contributed by atoms with Gasteiger partial charge in [0.15, 0.2) is 0 Å². The maximum absolute atomic E-state index is 12.9. The second-order valence-electron chi connectivity index (χ2n) is 10.5. The van der Waals surface area contributed by atoms with Gasteiger partial charge in [0.05, 0.1) is 10.7 Å². The summed E-state index contributed by atoms with van der Waals surface area (Å²) in [5, 5.41) is 13.3. The Morgan fingerprint density at radius 3 is 2.20 bits per heavy atom. The number of hydrogen-bond acceptors (Lipinski definition) is 4. The van der Waals surface area contributed by atoms with Crippen LogP contribution in [0.4, 0.5) is 0 Å². The van der Waals surface area contributed by atoms with Crippen molar-refractivity contribution >= 4 is 17.3 Å². The normalized spacial score (nSPS) is 13.5. The Balaban J connectivity index is 1.37. The van der Waals surface area contributed by atoms with Crippen LogP contribution in [0.2, 0.25) is 0 Å². The van der Waals surface area contributed by atoms with E-state index in [4.69, 9.17) is 9.72 Å². The van der Waals surface area contributed by atoms with E-state index in [-0.39, 0.29) is 12.5 Å². The number of aromatic amines is 1. The third kappa shape index (κ3) is 6.44. The molecule has 0 fully saturated rings. The number of thiazole rings is 1. The van der Waals surface area contributed by atoms with Gasteiger partial charge in [0.1, 0.15) is 17.3 Å². The minimum atomic E-state index is -1.15. The summed E-state index contributed by atoms with van der Waals surface area (Å²) < 4.78 is 6.54. The number of aromatic nitrogens is 2. The number of aliphatic carboxylic acids is 1. The topological polar surface area (TPSA) is 75.2 Å². The molecule has 41 heavy (non-hydrogen) atoms. The van der Waals surface area contributed by atoms with Crippen LogP contribution in [0.25, 0.3) is 11.3 Å². The summed E-state index contributed by atoms with van der Waals surface area (Å²) in [5.74, 6) is 0.375. The molecule has 0 aliphatic rings. The zero-order valence-corrected chi connectivity index (χ0v) is 24.3. The van der Waals surface area contributed by atoms with Crippen molar-refractivity contribution in [2.45, 2.75) is 51.0 Å². The third-order valence-electron chi connectivity index (χ3n) is 7.89. The van der Waals surface area contributed by atoms with Gasteiger partial charge < -0.3 is 14.8 Å². The molecular weight excluding hydrogens is 528 g/mol. The fourth-order valence-corrected chi connectivity index (χ4v) is 6.44. The molecule has 0 aliphatic carbocycles. The van der Waals surface area contributed by atoms with Crippen LogP contribution in [0, 0.1) is 5.92 Å². The average Bonchev–Trinajstić information content (AvgIpc) is 3.71. The Labute approximate surface area is 245 Å². The number of rotatable bonds is 13. The molecule has 210 valence electrons. The summed E-state index contributed by atoms with van der Waals surface area (Å²) in [6, 6.07) is 32.0. The van der Waals surface area contributed by atoms with Gasteiger partial charge in [-0.1, -0.05) is 74.5 Å². The number of benzene rings is 3. The highest BCUT2D eigenvalue weighted by Gasteiger charge is 2.42. The van der Waals surface area contributed by atoms with Gasteiger partial charge in [-0.15, -0.1) is 11.3 Å². The lowest BCUT2D eigenvalue weighted by Crippen LogP contribution is -2.40. The Morgan fingerprint density at radius 1 is 0.902 bits per heavy atom. The zero-order chi connectivity index (χ0) is 28.7. The van der Waals surface area contributed by atoms with E-state index in [1.54, 1.807) is 6.20 Å². The van der Waals surface area contributed by atoms with Crippen LogP contribution in [0.15, 0.2) is 109 Å². The van der Waals surface area contributed by atoms with Crippen LogP contribution in [-0.4, -0.2) is 21.0 Å². The lowest BCUT2D eigenvalue weighted by molar-refractivity contribution is -0.144. The van der Waals surface area contributed by atoms with Gasteiger partial charge >= 0.3 is 5.97 Å². The molecule has 6 heteroatoms. The molecule has 0 radical (unpaired) electrons. The Bertz CT molecular complexity index is 1510. The molecule has 5 aromatic rings. The van der Waals surface area contributed by atoms with Crippen molar-refractivity contribution in [3.63, 3.8) is 0 Å². The van der Waals surface area contributed by atoms with Crippen LogP contribution >= 0.6 is 11.3 Å². The lowest BCUT2D eigenvalue weighted by atomic mass is 9.76. The molecule has 2 heterocycles. The second kappa shape index (κ2) is 13.0. The maximum atomic E-state index is 12.9. The summed E-state index contributed by atoms with van der Waals surface area (Å²) in [6.07, 6.45) is 4.51. The predicted molar refractivity (Wildman–Crippen MR) is 165 cm³/mol. The van der Waals surface area contributed by atoms with E-state index >= 15 is 0 Å². The quantitative estimate of drug-likeness (QED) is 0.150. The van der Waals surface area contributed by atoms with Gasteiger partial charge in [0.2, 0.25) is 0 Å². The number of ether oxygens (including phenoxy) is 1. The molecule has 2 unspecified atom stereocenters. The summed E-state index contributed by atoms with van der Waals surface area (Å²) in [5.41, 5.74) is 3.49. The molecule has 0 saturated heterocycles. The van der Waals surface area contributed by atoms with Crippen LogP contribution < -0.4 is 4.74 Å². The summed E-state index contributed by atoms with van der Waals surface area (Å²) >= 11 is 1.50. The van der Waals surface area contributed by atoms with Crippen LogP contribution in [0.3, 0.4) is 0 Å². The number of nitrogens with zero attached hydrogens (tertiary/aromatic N) is 1. The predicted octanol–water partition coefficient (Wildman–Crippen LogP) is 8.50. The van der Waals surface area contributed by atoms with Crippen molar-refractivity contribution in [2.24, 2.45) is 5.92 Å². The monoisotopic (exact) mass is 564 g/mol. The number of hydrogen-bond donors (Lipinski definition) is 2. The van der Waals surface area contributed by atoms with Crippen molar-refractivity contribution in [2.75, 3.05) is 0 Å². The Morgan fingerprint density at radius 2 is 1.59 bits per heavy atom. The van der Waals surface area contributed by atoms with Gasteiger partial charge in [0, 0.05) is 29.3 Å². The number of carboxylic acid groups (broad SMARTS) is 1. The van der Waals surface area contributed by atoms with Gasteiger partial charge in [-0.05, 0) is 72.7 Å².